The van der Waals surface area contributed by atoms with Crippen molar-refractivity contribution in [1.29, 1.82) is 0 Å². The summed E-state index contributed by atoms with van der Waals surface area (Å²) < 4.78 is 10.5. The second kappa shape index (κ2) is 7.06. The Kier molecular flexibility index (Phi) is 6.90. The van der Waals surface area contributed by atoms with E-state index in [1.165, 1.54) is 0 Å². The highest BCUT2D eigenvalue weighted by molar-refractivity contribution is 5.85. The lowest BCUT2D eigenvalue weighted by atomic mass is 10.1. The molecule has 0 bridgehead atoms. The molecular weight excluding hydrogens is 232 g/mol. The second-order valence-corrected chi connectivity index (χ2v) is 4.33. The van der Waals surface area contributed by atoms with E-state index in [1.54, 1.807) is 7.11 Å². The molecule has 0 unspecified atom stereocenters. The lowest BCUT2D eigenvalue weighted by Crippen LogP contribution is -2.50. The molecule has 0 aromatic heterocycles. The molecule has 1 saturated heterocycles. The first kappa shape index (κ1) is 15.6. The van der Waals surface area contributed by atoms with Crippen molar-refractivity contribution in [2.75, 3.05) is 33.4 Å². The minimum absolute atomic E-state index is 0. The van der Waals surface area contributed by atoms with Gasteiger partial charge in [0.25, 0.3) is 0 Å². The van der Waals surface area contributed by atoms with Crippen molar-refractivity contribution in [3.63, 3.8) is 0 Å². The fraction of sp³-hybridized carbons (Fsp3) is 0.900. The average molecular weight is 253 g/mol. The van der Waals surface area contributed by atoms with Crippen molar-refractivity contribution in [2.24, 2.45) is 0 Å². The Morgan fingerprint density at radius 3 is 2.56 bits per heavy atom. The summed E-state index contributed by atoms with van der Waals surface area (Å²) in [5.74, 6) is -0.0907. The molecule has 6 heteroatoms. The molecule has 1 aliphatic heterocycles. The Labute approximate surface area is 103 Å². The van der Waals surface area contributed by atoms with Crippen LogP contribution in [-0.4, -0.2) is 51.0 Å². The number of methoxy groups -OCH3 is 1. The Hall–Kier alpha value is -0.360. The van der Waals surface area contributed by atoms with E-state index in [4.69, 9.17) is 9.47 Å². The van der Waals surface area contributed by atoms with Crippen molar-refractivity contribution in [2.45, 2.75) is 25.6 Å². The number of carbonyl (C=O) groups is 1. The molecule has 0 radical (unpaired) electrons. The first-order valence-corrected chi connectivity index (χ1v) is 5.18. The Morgan fingerprint density at radius 2 is 2.12 bits per heavy atom. The van der Waals surface area contributed by atoms with Gasteiger partial charge < -0.3 is 20.1 Å². The fourth-order valence-electron chi connectivity index (χ4n) is 1.01. The topological polar surface area (TPSA) is 59.6 Å². The lowest BCUT2D eigenvalue weighted by molar-refractivity contribution is -0.129. The third kappa shape index (κ3) is 5.65. The summed E-state index contributed by atoms with van der Waals surface area (Å²) in [5, 5.41) is 5.84. The van der Waals surface area contributed by atoms with Gasteiger partial charge in [-0.15, -0.1) is 12.4 Å². The van der Waals surface area contributed by atoms with Crippen LogP contribution in [0.5, 0.6) is 0 Å². The molecule has 0 aromatic carbocycles. The van der Waals surface area contributed by atoms with Crippen molar-refractivity contribution in [1.82, 2.24) is 10.6 Å². The summed E-state index contributed by atoms with van der Waals surface area (Å²) in [6.07, 6.45) is 0.200. The number of carbonyl (C=O) groups excluding carboxylic acids is 1. The van der Waals surface area contributed by atoms with E-state index >= 15 is 0 Å². The van der Waals surface area contributed by atoms with Crippen LogP contribution in [0.1, 0.15) is 13.8 Å². The molecule has 2 N–H and O–H groups in total. The maximum Gasteiger partial charge on any atom is 0.246 e. The molecule has 0 atom stereocenters. The summed E-state index contributed by atoms with van der Waals surface area (Å²) in [4.78, 5) is 11.3. The largest absolute Gasteiger partial charge is 0.377 e. The summed E-state index contributed by atoms with van der Waals surface area (Å²) in [6, 6.07) is 0. The van der Waals surface area contributed by atoms with E-state index < -0.39 is 0 Å². The number of hydrogen-bond donors (Lipinski definition) is 2. The number of hydrogen-bond acceptors (Lipinski definition) is 4. The van der Waals surface area contributed by atoms with Gasteiger partial charge in [0.1, 0.15) is 6.61 Å². The van der Waals surface area contributed by atoms with Gasteiger partial charge in [-0.25, -0.2) is 0 Å². The normalized spacial score (nSPS) is 16.2. The number of rotatable bonds is 6. The molecular formula is C10H21ClN2O3. The maximum absolute atomic E-state index is 11.3. The van der Waals surface area contributed by atoms with Gasteiger partial charge >= 0.3 is 0 Å². The smallest absolute Gasteiger partial charge is 0.246 e. The van der Waals surface area contributed by atoms with E-state index in [0.717, 1.165) is 13.1 Å². The second-order valence-electron chi connectivity index (χ2n) is 4.33. The third-order valence-electron chi connectivity index (χ3n) is 2.46. The number of nitrogens with one attached hydrogen (secondary N) is 2. The first-order valence-electron chi connectivity index (χ1n) is 5.18. The lowest BCUT2D eigenvalue weighted by Gasteiger charge is -2.27. The maximum atomic E-state index is 11.3. The van der Waals surface area contributed by atoms with Crippen LogP contribution in [0.2, 0.25) is 0 Å². The van der Waals surface area contributed by atoms with Crippen LogP contribution in [0.15, 0.2) is 0 Å². The molecule has 0 saturated carbocycles. The average Bonchev–Trinajstić information content (AvgIpc) is 2.13. The van der Waals surface area contributed by atoms with Gasteiger partial charge in [0.2, 0.25) is 5.91 Å². The summed E-state index contributed by atoms with van der Waals surface area (Å²) in [7, 11) is 1.63. The van der Waals surface area contributed by atoms with Crippen LogP contribution >= 0.6 is 12.4 Å². The van der Waals surface area contributed by atoms with E-state index in [1.807, 2.05) is 13.8 Å². The molecule has 1 fully saturated rings. The van der Waals surface area contributed by atoms with Crippen LogP contribution in [0, 0.1) is 0 Å². The van der Waals surface area contributed by atoms with E-state index in [9.17, 15) is 4.79 Å². The van der Waals surface area contributed by atoms with Crippen molar-refractivity contribution in [3.8, 4) is 0 Å². The van der Waals surface area contributed by atoms with Crippen LogP contribution < -0.4 is 10.6 Å². The molecule has 1 amide bonds. The minimum atomic E-state index is -0.326. The molecule has 0 aromatic rings. The Morgan fingerprint density at radius 1 is 1.50 bits per heavy atom. The predicted octanol–water partition coefficient (Wildman–Crippen LogP) is -0.0622. The molecule has 0 spiro atoms. The summed E-state index contributed by atoms with van der Waals surface area (Å²) in [6.45, 7) is 6.16. The third-order valence-corrected chi connectivity index (χ3v) is 2.46. The van der Waals surface area contributed by atoms with Gasteiger partial charge in [0, 0.05) is 26.7 Å². The van der Waals surface area contributed by atoms with Crippen molar-refractivity contribution < 1.29 is 14.3 Å². The zero-order valence-corrected chi connectivity index (χ0v) is 10.9. The molecule has 0 aliphatic carbocycles. The van der Waals surface area contributed by atoms with E-state index in [2.05, 4.69) is 10.6 Å². The van der Waals surface area contributed by atoms with Gasteiger partial charge in [-0.2, -0.15) is 0 Å². The molecule has 96 valence electrons. The standard InChI is InChI=1S/C10H20N2O3.ClH/c1-10(2,14-3)7-12-9(13)6-15-8-4-11-5-8;/h8,11H,4-7H2,1-3H3,(H,12,13);1H. The highest BCUT2D eigenvalue weighted by atomic mass is 35.5. The zero-order chi connectivity index (χ0) is 11.3. The molecule has 1 rings (SSSR count). The van der Waals surface area contributed by atoms with E-state index in [0.29, 0.717) is 6.54 Å². The SMILES string of the molecule is COC(C)(C)CNC(=O)COC1CNC1.Cl. The van der Waals surface area contributed by atoms with Gasteiger partial charge in [0.15, 0.2) is 0 Å². The van der Waals surface area contributed by atoms with E-state index in [-0.39, 0.29) is 36.6 Å². The molecule has 1 aliphatic rings. The Balaban J connectivity index is 0.00000225. The van der Waals surface area contributed by atoms with Gasteiger partial charge in [-0.3, -0.25) is 4.79 Å². The molecule has 5 nitrogen and oxygen atoms in total. The predicted molar refractivity (Wildman–Crippen MR) is 64.0 cm³/mol. The molecule has 16 heavy (non-hydrogen) atoms. The zero-order valence-electron chi connectivity index (χ0n) is 10.0. The summed E-state index contributed by atoms with van der Waals surface area (Å²) in [5.41, 5.74) is -0.326. The quantitative estimate of drug-likeness (QED) is 0.695. The van der Waals surface area contributed by atoms with Crippen LogP contribution in [0.3, 0.4) is 0 Å². The van der Waals surface area contributed by atoms with Gasteiger partial charge in [-0.1, -0.05) is 0 Å². The minimum Gasteiger partial charge on any atom is -0.377 e. The van der Waals surface area contributed by atoms with Gasteiger partial charge in [-0.05, 0) is 13.8 Å². The van der Waals surface area contributed by atoms with Crippen LogP contribution in [-0.2, 0) is 14.3 Å². The number of halogens is 1. The molecule has 1 heterocycles. The number of ether oxygens (including phenoxy) is 2. The van der Waals surface area contributed by atoms with Crippen molar-refractivity contribution >= 4 is 18.3 Å². The highest BCUT2D eigenvalue weighted by Gasteiger charge is 2.20. The monoisotopic (exact) mass is 252 g/mol. The highest BCUT2D eigenvalue weighted by Crippen LogP contribution is 2.04. The fourth-order valence-corrected chi connectivity index (χ4v) is 1.01. The van der Waals surface area contributed by atoms with Crippen LogP contribution in [0.4, 0.5) is 0 Å². The Bertz CT molecular complexity index is 220. The van der Waals surface area contributed by atoms with Crippen molar-refractivity contribution in [3.05, 3.63) is 0 Å². The first-order chi connectivity index (χ1) is 7.03. The summed E-state index contributed by atoms with van der Waals surface area (Å²) >= 11 is 0. The number of amides is 1. The van der Waals surface area contributed by atoms with Gasteiger partial charge in [0.05, 0.1) is 11.7 Å². The van der Waals surface area contributed by atoms with Crippen LogP contribution in [0.25, 0.3) is 0 Å².